The molecule has 1 aromatic carbocycles. The molecule has 0 heterocycles. The maximum Gasteiger partial charge on any atom is 0.142 e. The SMILES string of the molecule is CCCOC1C(Br)CC1Oc1ccc(F)c(Cl)c1. The van der Waals surface area contributed by atoms with Crippen molar-refractivity contribution in [3.05, 3.63) is 29.0 Å². The van der Waals surface area contributed by atoms with E-state index in [9.17, 15) is 4.39 Å². The van der Waals surface area contributed by atoms with E-state index in [2.05, 4.69) is 22.9 Å². The highest BCUT2D eigenvalue weighted by Gasteiger charge is 2.42. The van der Waals surface area contributed by atoms with Gasteiger partial charge in [-0.3, -0.25) is 0 Å². The molecule has 2 rings (SSSR count). The van der Waals surface area contributed by atoms with Crippen LogP contribution in [0.2, 0.25) is 5.02 Å². The molecule has 0 amide bonds. The Bertz CT molecular complexity index is 416. The van der Waals surface area contributed by atoms with E-state index >= 15 is 0 Å². The van der Waals surface area contributed by atoms with E-state index in [4.69, 9.17) is 21.1 Å². The largest absolute Gasteiger partial charge is 0.488 e. The molecule has 0 radical (unpaired) electrons. The van der Waals surface area contributed by atoms with Gasteiger partial charge in [-0.25, -0.2) is 4.39 Å². The Morgan fingerprint density at radius 1 is 1.50 bits per heavy atom. The summed E-state index contributed by atoms with van der Waals surface area (Å²) in [7, 11) is 0. The molecule has 1 aliphatic rings. The van der Waals surface area contributed by atoms with Gasteiger partial charge in [0.25, 0.3) is 0 Å². The second kappa shape index (κ2) is 6.22. The minimum atomic E-state index is -0.435. The van der Waals surface area contributed by atoms with Crippen molar-refractivity contribution in [3.8, 4) is 5.75 Å². The fraction of sp³-hybridized carbons (Fsp3) is 0.538. The molecule has 0 aliphatic heterocycles. The molecule has 3 atom stereocenters. The average molecular weight is 338 g/mol. The average Bonchev–Trinajstić information content (AvgIpc) is 2.33. The minimum absolute atomic E-state index is 0.00227. The number of halogens is 3. The summed E-state index contributed by atoms with van der Waals surface area (Å²) in [4.78, 5) is 0.324. The fourth-order valence-corrected chi connectivity index (χ4v) is 2.87. The van der Waals surface area contributed by atoms with Crippen molar-refractivity contribution in [2.75, 3.05) is 6.61 Å². The summed E-state index contributed by atoms with van der Waals surface area (Å²) < 4.78 is 24.5. The molecule has 0 bridgehead atoms. The van der Waals surface area contributed by atoms with Gasteiger partial charge in [-0.05, 0) is 18.6 Å². The zero-order valence-corrected chi connectivity index (χ0v) is 12.4. The second-order valence-corrected chi connectivity index (χ2v) is 5.90. The molecule has 1 saturated carbocycles. The minimum Gasteiger partial charge on any atom is -0.488 e. The zero-order chi connectivity index (χ0) is 13.1. The maximum absolute atomic E-state index is 13.0. The van der Waals surface area contributed by atoms with E-state index in [1.165, 1.54) is 12.1 Å². The summed E-state index contributed by atoms with van der Waals surface area (Å²) in [6, 6.07) is 4.39. The number of benzene rings is 1. The van der Waals surface area contributed by atoms with Crippen LogP contribution in [-0.2, 0) is 4.74 Å². The van der Waals surface area contributed by atoms with E-state index in [1.54, 1.807) is 6.07 Å². The molecule has 100 valence electrons. The van der Waals surface area contributed by atoms with Gasteiger partial charge in [0, 0.05) is 23.9 Å². The number of hydrogen-bond acceptors (Lipinski definition) is 2. The quantitative estimate of drug-likeness (QED) is 0.750. The molecule has 2 nitrogen and oxygen atoms in total. The van der Waals surface area contributed by atoms with Crippen LogP contribution in [-0.4, -0.2) is 23.6 Å². The van der Waals surface area contributed by atoms with Gasteiger partial charge in [0.1, 0.15) is 23.8 Å². The van der Waals surface area contributed by atoms with Gasteiger partial charge in [0.15, 0.2) is 0 Å². The van der Waals surface area contributed by atoms with Crippen LogP contribution in [0.4, 0.5) is 4.39 Å². The molecule has 0 spiro atoms. The Labute approximate surface area is 120 Å². The highest BCUT2D eigenvalue weighted by molar-refractivity contribution is 9.09. The third-order valence-electron chi connectivity index (χ3n) is 2.87. The highest BCUT2D eigenvalue weighted by Crippen LogP contribution is 2.35. The summed E-state index contributed by atoms with van der Waals surface area (Å²) in [6.07, 6.45) is 1.91. The first-order chi connectivity index (χ1) is 8.61. The number of rotatable bonds is 5. The van der Waals surface area contributed by atoms with Crippen LogP contribution in [0.3, 0.4) is 0 Å². The third-order valence-corrected chi connectivity index (χ3v) is 4.06. The lowest BCUT2D eigenvalue weighted by Gasteiger charge is -2.40. The monoisotopic (exact) mass is 336 g/mol. The van der Waals surface area contributed by atoms with Crippen LogP contribution in [0, 0.1) is 5.82 Å². The van der Waals surface area contributed by atoms with Crippen LogP contribution in [0.25, 0.3) is 0 Å². The molecule has 0 saturated heterocycles. The van der Waals surface area contributed by atoms with Crippen molar-refractivity contribution in [3.63, 3.8) is 0 Å². The van der Waals surface area contributed by atoms with Crippen LogP contribution in [0.5, 0.6) is 5.75 Å². The molecule has 1 aromatic rings. The summed E-state index contributed by atoms with van der Waals surface area (Å²) in [5.74, 6) is 0.144. The summed E-state index contributed by atoms with van der Waals surface area (Å²) in [6.45, 7) is 2.79. The van der Waals surface area contributed by atoms with Gasteiger partial charge in [0.2, 0.25) is 0 Å². The van der Waals surface area contributed by atoms with Crippen LogP contribution >= 0.6 is 27.5 Å². The molecule has 0 aromatic heterocycles. The Morgan fingerprint density at radius 3 is 2.89 bits per heavy atom. The van der Waals surface area contributed by atoms with Gasteiger partial charge in [-0.2, -0.15) is 0 Å². The summed E-state index contributed by atoms with van der Waals surface area (Å²) in [5.41, 5.74) is 0. The van der Waals surface area contributed by atoms with Gasteiger partial charge >= 0.3 is 0 Å². The Balaban J connectivity index is 1.94. The van der Waals surface area contributed by atoms with Gasteiger partial charge < -0.3 is 9.47 Å². The van der Waals surface area contributed by atoms with E-state index < -0.39 is 5.82 Å². The van der Waals surface area contributed by atoms with E-state index in [0.717, 1.165) is 19.4 Å². The topological polar surface area (TPSA) is 18.5 Å². The molecule has 1 fully saturated rings. The third kappa shape index (κ3) is 3.16. The lowest BCUT2D eigenvalue weighted by molar-refractivity contribution is -0.0762. The van der Waals surface area contributed by atoms with E-state index in [-0.39, 0.29) is 17.2 Å². The molecular formula is C13H15BrClFO2. The predicted molar refractivity (Wildman–Crippen MR) is 73.2 cm³/mol. The highest BCUT2D eigenvalue weighted by atomic mass is 79.9. The van der Waals surface area contributed by atoms with Crippen LogP contribution < -0.4 is 4.74 Å². The van der Waals surface area contributed by atoms with Crippen molar-refractivity contribution in [2.24, 2.45) is 0 Å². The first-order valence-electron chi connectivity index (χ1n) is 5.99. The van der Waals surface area contributed by atoms with Crippen molar-refractivity contribution < 1.29 is 13.9 Å². The number of hydrogen-bond donors (Lipinski definition) is 0. The van der Waals surface area contributed by atoms with Crippen molar-refractivity contribution in [1.29, 1.82) is 0 Å². The van der Waals surface area contributed by atoms with Crippen molar-refractivity contribution in [2.45, 2.75) is 36.8 Å². The van der Waals surface area contributed by atoms with E-state index in [1.807, 2.05) is 0 Å². The van der Waals surface area contributed by atoms with Gasteiger partial charge in [0.05, 0.1) is 5.02 Å². The van der Waals surface area contributed by atoms with Crippen LogP contribution in [0.1, 0.15) is 19.8 Å². The second-order valence-electron chi connectivity index (χ2n) is 4.32. The molecular weight excluding hydrogens is 322 g/mol. The normalized spacial score (nSPS) is 26.8. The Morgan fingerprint density at radius 2 is 2.28 bits per heavy atom. The molecule has 1 aliphatic carbocycles. The summed E-state index contributed by atoms with van der Waals surface area (Å²) in [5, 5.41) is 0.0771. The standard InChI is InChI=1S/C13H15BrClFO2/c1-2-5-17-13-9(14)7-12(13)18-8-3-4-11(16)10(15)6-8/h3-4,6,9,12-13H,2,5,7H2,1H3. The van der Waals surface area contributed by atoms with Crippen molar-refractivity contribution >= 4 is 27.5 Å². The molecule has 5 heteroatoms. The lowest BCUT2D eigenvalue weighted by Crippen LogP contribution is -2.52. The molecule has 3 unspecified atom stereocenters. The van der Waals surface area contributed by atoms with Crippen LogP contribution in [0.15, 0.2) is 18.2 Å². The Kier molecular flexibility index (Phi) is 4.87. The first kappa shape index (κ1) is 14.1. The fourth-order valence-electron chi connectivity index (χ4n) is 1.83. The number of alkyl halides is 1. The maximum atomic E-state index is 13.0. The molecule has 18 heavy (non-hydrogen) atoms. The van der Waals surface area contributed by atoms with Gasteiger partial charge in [-0.1, -0.05) is 34.5 Å². The Hall–Kier alpha value is -0.320. The zero-order valence-electron chi connectivity index (χ0n) is 10.0. The summed E-state index contributed by atoms with van der Waals surface area (Å²) >= 11 is 9.26. The lowest BCUT2D eigenvalue weighted by atomic mass is 9.91. The van der Waals surface area contributed by atoms with E-state index in [0.29, 0.717) is 10.6 Å². The van der Waals surface area contributed by atoms with Crippen molar-refractivity contribution in [1.82, 2.24) is 0 Å². The molecule has 0 N–H and O–H groups in total. The smallest absolute Gasteiger partial charge is 0.142 e. The number of ether oxygens (including phenoxy) is 2. The predicted octanol–water partition coefficient (Wildman–Crippen LogP) is 4.19. The van der Waals surface area contributed by atoms with Gasteiger partial charge in [-0.15, -0.1) is 0 Å². The first-order valence-corrected chi connectivity index (χ1v) is 7.28.